The lowest BCUT2D eigenvalue weighted by Crippen LogP contribution is -2.04. The van der Waals surface area contributed by atoms with E-state index in [9.17, 15) is 0 Å². The highest BCUT2D eigenvalue weighted by molar-refractivity contribution is 5.66. The molecule has 0 radical (unpaired) electrons. The Kier molecular flexibility index (Phi) is 4.55. The second-order valence-electron chi connectivity index (χ2n) is 5.22. The van der Waals surface area contributed by atoms with Crippen molar-refractivity contribution in [1.82, 2.24) is 20.2 Å². The third kappa shape index (κ3) is 3.26. The summed E-state index contributed by atoms with van der Waals surface area (Å²) in [6.07, 6.45) is 2.21. The SMILES string of the molecule is COc1ccc(-c2nnnn2CCCC(C)C)cc1N. The molecule has 1 heterocycles. The lowest BCUT2D eigenvalue weighted by molar-refractivity contribution is 0.417. The number of nitrogen functional groups attached to an aromatic ring is 1. The van der Waals surface area contributed by atoms with Crippen molar-refractivity contribution in [3.05, 3.63) is 18.2 Å². The van der Waals surface area contributed by atoms with E-state index in [1.54, 1.807) is 7.11 Å². The maximum absolute atomic E-state index is 5.93. The molecule has 0 atom stereocenters. The van der Waals surface area contributed by atoms with Gasteiger partial charge in [-0.3, -0.25) is 0 Å². The predicted molar refractivity (Wildman–Crippen MR) is 78.3 cm³/mol. The molecule has 2 N–H and O–H groups in total. The van der Waals surface area contributed by atoms with E-state index in [4.69, 9.17) is 10.5 Å². The molecule has 0 spiro atoms. The Labute approximate surface area is 118 Å². The largest absolute Gasteiger partial charge is 0.495 e. The number of methoxy groups -OCH3 is 1. The van der Waals surface area contributed by atoms with Crippen LogP contribution in [0.4, 0.5) is 5.69 Å². The maximum Gasteiger partial charge on any atom is 0.182 e. The van der Waals surface area contributed by atoms with Crippen molar-refractivity contribution in [3.8, 4) is 17.1 Å². The monoisotopic (exact) mass is 275 g/mol. The third-order valence-electron chi connectivity index (χ3n) is 3.17. The molecule has 0 unspecified atom stereocenters. The molecule has 1 aromatic carbocycles. The predicted octanol–water partition coefficient (Wildman–Crippen LogP) is 2.37. The van der Waals surface area contributed by atoms with Gasteiger partial charge in [0, 0.05) is 12.1 Å². The van der Waals surface area contributed by atoms with Gasteiger partial charge in [-0.2, -0.15) is 0 Å². The van der Waals surface area contributed by atoms with Crippen molar-refractivity contribution < 1.29 is 4.74 Å². The summed E-state index contributed by atoms with van der Waals surface area (Å²) in [5.41, 5.74) is 7.41. The Morgan fingerprint density at radius 1 is 1.35 bits per heavy atom. The number of ether oxygens (including phenoxy) is 1. The first kappa shape index (κ1) is 14.3. The second-order valence-corrected chi connectivity index (χ2v) is 5.22. The number of anilines is 1. The van der Waals surface area contributed by atoms with Gasteiger partial charge < -0.3 is 10.5 Å². The molecule has 2 rings (SSSR count). The van der Waals surface area contributed by atoms with Crippen LogP contribution in [0.1, 0.15) is 26.7 Å². The molecule has 0 fully saturated rings. The number of rotatable bonds is 6. The Morgan fingerprint density at radius 2 is 2.15 bits per heavy atom. The molecule has 0 aliphatic rings. The fraction of sp³-hybridized carbons (Fsp3) is 0.500. The summed E-state index contributed by atoms with van der Waals surface area (Å²) in [6, 6.07) is 5.58. The van der Waals surface area contributed by atoms with Crippen molar-refractivity contribution in [2.24, 2.45) is 5.92 Å². The molecule has 0 saturated heterocycles. The van der Waals surface area contributed by atoms with E-state index in [-0.39, 0.29) is 0 Å². The fourth-order valence-electron chi connectivity index (χ4n) is 2.08. The van der Waals surface area contributed by atoms with Gasteiger partial charge in [0.1, 0.15) is 5.75 Å². The molecule has 108 valence electrons. The van der Waals surface area contributed by atoms with Crippen LogP contribution in [0.15, 0.2) is 18.2 Å². The fourth-order valence-corrected chi connectivity index (χ4v) is 2.08. The van der Waals surface area contributed by atoms with Crippen LogP contribution in [0.25, 0.3) is 11.4 Å². The van der Waals surface area contributed by atoms with E-state index in [1.165, 1.54) is 0 Å². The molecule has 2 aromatic rings. The Hall–Kier alpha value is -2.11. The summed E-state index contributed by atoms with van der Waals surface area (Å²) in [6.45, 7) is 5.24. The van der Waals surface area contributed by atoms with Crippen LogP contribution in [0.2, 0.25) is 0 Å². The Bertz CT molecular complexity index is 564. The minimum atomic E-state index is 0.585. The van der Waals surface area contributed by atoms with Crippen LogP contribution in [0.3, 0.4) is 0 Å². The second kappa shape index (κ2) is 6.36. The molecule has 20 heavy (non-hydrogen) atoms. The Morgan fingerprint density at radius 3 is 2.80 bits per heavy atom. The van der Waals surface area contributed by atoms with E-state index in [0.29, 0.717) is 17.4 Å². The zero-order valence-electron chi connectivity index (χ0n) is 12.2. The summed E-state index contributed by atoms with van der Waals surface area (Å²) in [5.74, 6) is 2.09. The molecule has 6 heteroatoms. The van der Waals surface area contributed by atoms with E-state index in [1.807, 2.05) is 22.9 Å². The van der Waals surface area contributed by atoms with Crippen LogP contribution < -0.4 is 10.5 Å². The van der Waals surface area contributed by atoms with Crippen LogP contribution in [-0.4, -0.2) is 27.3 Å². The molecule has 1 aromatic heterocycles. The molecule has 0 bridgehead atoms. The first-order valence-corrected chi connectivity index (χ1v) is 6.82. The van der Waals surface area contributed by atoms with Crippen LogP contribution in [-0.2, 0) is 6.54 Å². The van der Waals surface area contributed by atoms with Crippen molar-refractivity contribution in [2.75, 3.05) is 12.8 Å². The summed E-state index contributed by atoms with van der Waals surface area (Å²) >= 11 is 0. The highest BCUT2D eigenvalue weighted by Crippen LogP contribution is 2.27. The quantitative estimate of drug-likeness (QED) is 0.819. The normalized spacial score (nSPS) is 11.0. The first-order valence-electron chi connectivity index (χ1n) is 6.82. The smallest absolute Gasteiger partial charge is 0.182 e. The number of aromatic nitrogens is 4. The van der Waals surface area contributed by atoms with Gasteiger partial charge in [-0.05, 0) is 47.4 Å². The first-order chi connectivity index (χ1) is 9.61. The van der Waals surface area contributed by atoms with Gasteiger partial charge in [-0.25, -0.2) is 4.68 Å². The number of hydrogen-bond donors (Lipinski definition) is 1. The van der Waals surface area contributed by atoms with Gasteiger partial charge >= 0.3 is 0 Å². The molecule has 0 saturated carbocycles. The van der Waals surface area contributed by atoms with Crippen LogP contribution in [0.5, 0.6) is 5.75 Å². The van der Waals surface area contributed by atoms with Gasteiger partial charge in [0.05, 0.1) is 12.8 Å². The van der Waals surface area contributed by atoms with Gasteiger partial charge in [-0.15, -0.1) is 5.10 Å². The average Bonchev–Trinajstić information content (AvgIpc) is 2.86. The number of hydrogen-bond acceptors (Lipinski definition) is 5. The molecule has 0 aliphatic carbocycles. The number of nitrogens with two attached hydrogens (primary N) is 1. The van der Waals surface area contributed by atoms with Crippen molar-refractivity contribution in [1.29, 1.82) is 0 Å². The maximum atomic E-state index is 5.93. The van der Waals surface area contributed by atoms with Crippen molar-refractivity contribution >= 4 is 5.69 Å². The minimum absolute atomic E-state index is 0.585. The standard InChI is InChI=1S/C14H21N5O/c1-10(2)5-4-8-19-14(16-17-18-19)11-6-7-13(20-3)12(15)9-11/h6-7,9-10H,4-5,8,15H2,1-3H3. The summed E-state index contributed by atoms with van der Waals surface area (Å²) in [5, 5.41) is 11.9. The lowest BCUT2D eigenvalue weighted by Gasteiger charge is -2.08. The number of tetrazole rings is 1. The van der Waals surface area contributed by atoms with Crippen LogP contribution >= 0.6 is 0 Å². The summed E-state index contributed by atoms with van der Waals surface area (Å²) in [4.78, 5) is 0. The number of benzene rings is 1. The molecule has 6 nitrogen and oxygen atoms in total. The zero-order valence-corrected chi connectivity index (χ0v) is 12.2. The van der Waals surface area contributed by atoms with Gasteiger partial charge in [-0.1, -0.05) is 13.8 Å². The highest BCUT2D eigenvalue weighted by Gasteiger charge is 2.11. The lowest BCUT2D eigenvalue weighted by atomic mass is 10.1. The molecule has 0 aliphatic heterocycles. The van der Waals surface area contributed by atoms with Gasteiger partial charge in [0.2, 0.25) is 0 Å². The third-order valence-corrected chi connectivity index (χ3v) is 3.17. The van der Waals surface area contributed by atoms with E-state index in [2.05, 4.69) is 29.4 Å². The van der Waals surface area contributed by atoms with Crippen molar-refractivity contribution in [3.63, 3.8) is 0 Å². The van der Waals surface area contributed by atoms with E-state index < -0.39 is 0 Å². The van der Waals surface area contributed by atoms with E-state index >= 15 is 0 Å². The summed E-state index contributed by atoms with van der Waals surface area (Å²) in [7, 11) is 1.60. The minimum Gasteiger partial charge on any atom is -0.495 e. The number of nitrogens with zero attached hydrogens (tertiary/aromatic N) is 4. The summed E-state index contributed by atoms with van der Waals surface area (Å²) < 4.78 is 6.98. The highest BCUT2D eigenvalue weighted by atomic mass is 16.5. The topological polar surface area (TPSA) is 78.9 Å². The average molecular weight is 275 g/mol. The van der Waals surface area contributed by atoms with Gasteiger partial charge in [0.15, 0.2) is 5.82 Å². The van der Waals surface area contributed by atoms with Crippen molar-refractivity contribution in [2.45, 2.75) is 33.2 Å². The van der Waals surface area contributed by atoms with E-state index in [0.717, 1.165) is 30.8 Å². The number of aryl methyl sites for hydroxylation is 1. The molecular weight excluding hydrogens is 254 g/mol. The van der Waals surface area contributed by atoms with Crippen LogP contribution in [0, 0.1) is 5.92 Å². The van der Waals surface area contributed by atoms with Gasteiger partial charge in [0.25, 0.3) is 0 Å². The molecular formula is C14H21N5O. The molecule has 0 amide bonds. The Balaban J connectivity index is 2.17. The zero-order chi connectivity index (χ0) is 14.5.